The van der Waals surface area contributed by atoms with E-state index in [1.54, 1.807) is 18.9 Å². The van der Waals surface area contributed by atoms with Crippen molar-refractivity contribution in [2.24, 2.45) is 0 Å². The number of thioether (sulfide) groups is 1. The summed E-state index contributed by atoms with van der Waals surface area (Å²) in [4.78, 5) is 20.2. The second-order valence-corrected chi connectivity index (χ2v) is 6.06. The molecule has 2 heterocycles. The van der Waals surface area contributed by atoms with Gasteiger partial charge in [0.25, 0.3) is 0 Å². The molecule has 0 spiro atoms. The van der Waals surface area contributed by atoms with Crippen LogP contribution in [0.1, 0.15) is 34.1 Å². The highest BCUT2D eigenvalue weighted by atomic mass is 32.2. The number of ether oxygens (including phenoxy) is 1. The summed E-state index contributed by atoms with van der Waals surface area (Å²) in [6.45, 7) is 8.00. The van der Waals surface area contributed by atoms with E-state index in [9.17, 15) is 4.79 Å². The zero-order valence-electron chi connectivity index (χ0n) is 17.4. The van der Waals surface area contributed by atoms with Crippen molar-refractivity contribution < 1.29 is 13.9 Å². The van der Waals surface area contributed by atoms with Crippen LogP contribution in [0.15, 0.2) is 41.1 Å². The summed E-state index contributed by atoms with van der Waals surface area (Å²) in [7, 11) is 1.62. The molecule has 1 amide bonds. The van der Waals surface area contributed by atoms with Crippen molar-refractivity contribution in [2.45, 2.75) is 34.1 Å². The predicted octanol–water partition coefficient (Wildman–Crippen LogP) is 5.64. The molecule has 6 nitrogen and oxygen atoms in total. The Morgan fingerprint density at radius 1 is 1.14 bits per heavy atom. The largest absolute Gasteiger partial charge is 0.497 e. The third-order valence-corrected chi connectivity index (χ3v) is 4.11. The summed E-state index contributed by atoms with van der Waals surface area (Å²) in [5, 5.41) is 3.50. The molecule has 0 radical (unpaired) electrons. The van der Waals surface area contributed by atoms with Gasteiger partial charge in [0.05, 0.1) is 12.5 Å². The number of carbonyl (C=O) groups excluding carboxylic acids is 1. The molecule has 0 aliphatic carbocycles. The molecule has 0 saturated carbocycles. The van der Waals surface area contributed by atoms with Gasteiger partial charge in [0.2, 0.25) is 11.6 Å². The average molecular weight is 404 g/mol. The number of nitrogens with zero attached hydrogens (tertiary/aromatic N) is 2. The van der Waals surface area contributed by atoms with Crippen LogP contribution in [0, 0.1) is 0 Å². The molecule has 0 fully saturated rings. The van der Waals surface area contributed by atoms with Crippen molar-refractivity contribution >= 4 is 34.6 Å². The van der Waals surface area contributed by atoms with E-state index >= 15 is 0 Å². The van der Waals surface area contributed by atoms with Gasteiger partial charge in [0.15, 0.2) is 0 Å². The number of methoxy groups -OCH3 is 1. The van der Waals surface area contributed by atoms with Crippen LogP contribution in [-0.4, -0.2) is 35.0 Å². The standard InChI is InChI=1S/C17H17N3O3S.2C2H6/c1-22-12-5-3-11(4-6-12)14-9-13-16(18-10-19-17(13)23-14)20-15(21)7-8-24-2;2*1-2/h3-6,9-10H,7-8H2,1-2H3,(H,18,19,20,21);2*1-2H3. The second-order valence-electron chi connectivity index (χ2n) is 5.07. The minimum absolute atomic E-state index is 0.0726. The summed E-state index contributed by atoms with van der Waals surface area (Å²) in [6, 6.07) is 9.36. The Morgan fingerprint density at radius 3 is 2.43 bits per heavy atom. The van der Waals surface area contributed by atoms with Crippen LogP contribution >= 0.6 is 11.8 Å². The van der Waals surface area contributed by atoms with Crippen molar-refractivity contribution in [1.29, 1.82) is 0 Å². The highest BCUT2D eigenvalue weighted by Crippen LogP contribution is 2.30. The van der Waals surface area contributed by atoms with E-state index in [2.05, 4.69) is 15.3 Å². The first-order chi connectivity index (χ1) is 13.7. The summed E-state index contributed by atoms with van der Waals surface area (Å²) >= 11 is 1.63. The fourth-order valence-corrected chi connectivity index (χ4v) is 2.63. The van der Waals surface area contributed by atoms with Gasteiger partial charge in [0, 0.05) is 17.7 Å². The molecule has 1 N–H and O–H groups in total. The molecule has 2 aromatic heterocycles. The number of furan rings is 1. The molecule has 0 aliphatic heterocycles. The number of amides is 1. The van der Waals surface area contributed by atoms with Crippen LogP contribution in [0.3, 0.4) is 0 Å². The molecule has 0 unspecified atom stereocenters. The first kappa shape index (κ1) is 23.5. The number of fused-ring (bicyclic) bond motifs is 1. The smallest absolute Gasteiger partial charge is 0.231 e. The average Bonchev–Trinajstić information content (AvgIpc) is 3.20. The van der Waals surface area contributed by atoms with Gasteiger partial charge in [0.1, 0.15) is 23.7 Å². The van der Waals surface area contributed by atoms with Crippen LogP contribution in [0.4, 0.5) is 5.82 Å². The number of carbonyl (C=O) groups is 1. The number of hydrogen-bond acceptors (Lipinski definition) is 6. The first-order valence-corrected chi connectivity index (χ1v) is 10.8. The quantitative estimate of drug-likeness (QED) is 0.574. The highest BCUT2D eigenvalue weighted by molar-refractivity contribution is 7.98. The normalized spacial score (nSPS) is 9.64. The third kappa shape index (κ3) is 6.27. The lowest BCUT2D eigenvalue weighted by atomic mass is 10.1. The zero-order chi connectivity index (χ0) is 20.9. The Kier molecular flexibility index (Phi) is 10.7. The summed E-state index contributed by atoms with van der Waals surface area (Å²) in [5.41, 5.74) is 1.34. The lowest BCUT2D eigenvalue weighted by Gasteiger charge is -2.03. The van der Waals surface area contributed by atoms with E-state index in [0.29, 0.717) is 29.1 Å². The van der Waals surface area contributed by atoms with E-state index in [0.717, 1.165) is 17.1 Å². The number of rotatable bonds is 6. The number of anilines is 1. The fraction of sp³-hybridized carbons (Fsp3) is 0.381. The first-order valence-electron chi connectivity index (χ1n) is 9.39. The van der Waals surface area contributed by atoms with Crippen LogP contribution in [-0.2, 0) is 4.79 Å². The molecular weight excluding hydrogens is 374 g/mol. The lowest BCUT2D eigenvalue weighted by molar-refractivity contribution is -0.115. The van der Waals surface area contributed by atoms with Gasteiger partial charge >= 0.3 is 0 Å². The topological polar surface area (TPSA) is 77.2 Å². The molecule has 0 aliphatic rings. The van der Waals surface area contributed by atoms with E-state index in [4.69, 9.17) is 9.15 Å². The van der Waals surface area contributed by atoms with Gasteiger partial charge < -0.3 is 14.5 Å². The molecule has 7 heteroatoms. The lowest BCUT2D eigenvalue weighted by Crippen LogP contribution is -2.13. The zero-order valence-corrected chi connectivity index (χ0v) is 18.2. The maximum absolute atomic E-state index is 11.9. The van der Waals surface area contributed by atoms with Crippen molar-refractivity contribution in [2.75, 3.05) is 24.4 Å². The molecule has 1 aromatic carbocycles. The minimum Gasteiger partial charge on any atom is -0.497 e. The highest BCUT2D eigenvalue weighted by Gasteiger charge is 2.13. The second kappa shape index (κ2) is 12.8. The van der Waals surface area contributed by atoms with Crippen molar-refractivity contribution in [3.8, 4) is 17.1 Å². The van der Waals surface area contributed by atoms with E-state index < -0.39 is 0 Å². The predicted molar refractivity (Wildman–Crippen MR) is 118 cm³/mol. The van der Waals surface area contributed by atoms with E-state index in [-0.39, 0.29) is 5.91 Å². The van der Waals surface area contributed by atoms with Crippen molar-refractivity contribution in [1.82, 2.24) is 9.97 Å². The molecule has 28 heavy (non-hydrogen) atoms. The Hall–Kier alpha value is -2.54. The monoisotopic (exact) mass is 403 g/mol. The summed E-state index contributed by atoms with van der Waals surface area (Å²) < 4.78 is 10.9. The minimum atomic E-state index is -0.0726. The van der Waals surface area contributed by atoms with E-state index in [1.807, 2.05) is 64.3 Å². The van der Waals surface area contributed by atoms with Crippen molar-refractivity contribution in [3.05, 3.63) is 36.7 Å². The number of nitrogens with one attached hydrogen (secondary N) is 1. The Labute approximate surface area is 171 Å². The van der Waals surface area contributed by atoms with Crippen LogP contribution in [0.25, 0.3) is 22.4 Å². The maximum atomic E-state index is 11.9. The molecule has 0 saturated heterocycles. The van der Waals surface area contributed by atoms with Crippen LogP contribution in [0.5, 0.6) is 5.75 Å². The third-order valence-electron chi connectivity index (χ3n) is 3.50. The maximum Gasteiger partial charge on any atom is 0.231 e. The molecule has 0 atom stereocenters. The molecular formula is C21H29N3O3S. The van der Waals surface area contributed by atoms with E-state index in [1.165, 1.54) is 6.33 Å². The van der Waals surface area contributed by atoms with Gasteiger partial charge in [-0.15, -0.1) is 0 Å². The molecule has 0 bridgehead atoms. The molecule has 152 valence electrons. The Bertz CT molecular complexity index is 848. The number of aromatic nitrogens is 2. The molecule has 3 rings (SSSR count). The van der Waals surface area contributed by atoms with Gasteiger partial charge in [-0.1, -0.05) is 27.7 Å². The summed E-state index contributed by atoms with van der Waals surface area (Å²) in [6.07, 6.45) is 3.79. The van der Waals surface area contributed by atoms with Crippen LogP contribution in [0.2, 0.25) is 0 Å². The fourth-order valence-electron chi connectivity index (χ4n) is 2.24. The summed E-state index contributed by atoms with van der Waals surface area (Å²) in [5.74, 6) is 2.60. The number of hydrogen-bond donors (Lipinski definition) is 1. The molecule has 3 aromatic rings. The Morgan fingerprint density at radius 2 is 1.82 bits per heavy atom. The van der Waals surface area contributed by atoms with Gasteiger partial charge in [-0.25, -0.2) is 9.97 Å². The number of benzene rings is 1. The van der Waals surface area contributed by atoms with Gasteiger partial charge in [-0.05, 0) is 36.6 Å². The van der Waals surface area contributed by atoms with Crippen molar-refractivity contribution in [3.63, 3.8) is 0 Å². The Balaban J connectivity index is 0.000000921. The van der Waals surface area contributed by atoms with Gasteiger partial charge in [-0.3, -0.25) is 4.79 Å². The SMILES string of the molecule is CC.CC.COc1ccc(-c2cc3c(NC(=O)CCSC)ncnc3o2)cc1. The van der Waals surface area contributed by atoms with Gasteiger partial charge in [-0.2, -0.15) is 11.8 Å². The van der Waals surface area contributed by atoms with Crippen LogP contribution < -0.4 is 10.1 Å².